The average Bonchev–Trinajstić information content (AvgIpc) is 3.01. The van der Waals surface area contributed by atoms with Gasteiger partial charge in [0.25, 0.3) is 0 Å². The molecule has 1 aliphatic rings. The molecule has 0 aromatic carbocycles. The fourth-order valence-corrected chi connectivity index (χ4v) is 2.70. The number of hydrogen-bond donors (Lipinski definition) is 2. The van der Waals surface area contributed by atoms with Gasteiger partial charge in [0.05, 0.1) is 19.0 Å². The number of aliphatic hydroxyl groups excluding tert-OH is 1. The lowest BCUT2D eigenvalue weighted by atomic mass is 10.1. The molecule has 0 spiro atoms. The van der Waals surface area contributed by atoms with Crippen molar-refractivity contribution in [3.8, 4) is 0 Å². The summed E-state index contributed by atoms with van der Waals surface area (Å²) in [5.41, 5.74) is 0. The zero-order chi connectivity index (χ0) is 14.9. The number of nitrogens with zero attached hydrogens (tertiary/aromatic N) is 1. The Kier molecular flexibility index (Phi) is 7.23. The van der Waals surface area contributed by atoms with E-state index in [9.17, 15) is 5.11 Å². The normalized spacial score (nSPS) is 19.5. The van der Waals surface area contributed by atoms with Crippen molar-refractivity contribution in [1.29, 1.82) is 0 Å². The summed E-state index contributed by atoms with van der Waals surface area (Å²) < 4.78 is 10.6. The third-order valence-corrected chi connectivity index (χ3v) is 3.97. The average molecular weight is 296 g/mol. The van der Waals surface area contributed by atoms with E-state index < -0.39 is 6.10 Å². The largest absolute Gasteiger partial charge is 0.467 e. The molecule has 2 heterocycles. The Hall–Kier alpha value is -0.880. The van der Waals surface area contributed by atoms with E-state index in [1.807, 2.05) is 12.1 Å². The first-order chi connectivity index (χ1) is 10.3. The Bertz CT molecular complexity index is 364. The minimum atomic E-state index is -0.478. The van der Waals surface area contributed by atoms with Crippen molar-refractivity contribution in [2.24, 2.45) is 0 Å². The van der Waals surface area contributed by atoms with Crippen LogP contribution in [0.2, 0.25) is 0 Å². The second-order valence-corrected chi connectivity index (χ2v) is 5.85. The van der Waals surface area contributed by atoms with Gasteiger partial charge in [-0.2, -0.15) is 0 Å². The van der Waals surface area contributed by atoms with Crippen LogP contribution in [0.4, 0.5) is 0 Å². The Balaban J connectivity index is 1.51. The Morgan fingerprint density at radius 3 is 2.86 bits per heavy atom. The van der Waals surface area contributed by atoms with Crippen molar-refractivity contribution < 1.29 is 14.3 Å². The fourth-order valence-electron chi connectivity index (χ4n) is 2.70. The van der Waals surface area contributed by atoms with E-state index in [0.717, 1.165) is 12.3 Å². The molecule has 0 saturated carbocycles. The van der Waals surface area contributed by atoms with Gasteiger partial charge < -0.3 is 19.6 Å². The molecule has 1 saturated heterocycles. The number of ether oxygens (including phenoxy) is 1. The summed E-state index contributed by atoms with van der Waals surface area (Å²) in [7, 11) is 0. The monoisotopic (exact) mass is 296 g/mol. The molecule has 2 rings (SSSR count). The van der Waals surface area contributed by atoms with Crippen LogP contribution >= 0.6 is 0 Å². The van der Waals surface area contributed by atoms with Gasteiger partial charge in [-0.3, -0.25) is 4.90 Å². The molecule has 0 radical (unpaired) electrons. The molecule has 1 aliphatic heterocycles. The molecule has 2 unspecified atom stereocenters. The van der Waals surface area contributed by atoms with Gasteiger partial charge >= 0.3 is 0 Å². The standard InChI is InChI=1S/C16H28N2O3/c1-14(18-7-3-2-4-8-18)10-17-11-15(19)12-20-13-16-6-5-9-21-16/h5-6,9,14-15,17,19H,2-4,7-8,10-13H2,1H3. The van der Waals surface area contributed by atoms with Crippen molar-refractivity contribution >= 4 is 0 Å². The van der Waals surface area contributed by atoms with E-state index in [2.05, 4.69) is 17.1 Å². The third-order valence-electron chi connectivity index (χ3n) is 3.97. The number of rotatable bonds is 9. The van der Waals surface area contributed by atoms with Crippen molar-refractivity contribution in [1.82, 2.24) is 10.2 Å². The highest BCUT2D eigenvalue weighted by Gasteiger charge is 2.16. The fraction of sp³-hybridized carbons (Fsp3) is 0.750. The van der Waals surface area contributed by atoms with E-state index in [1.165, 1.54) is 32.4 Å². The van der Waals surface area contributed by atoms with E-state index >= 15 is 0 Å². The summed E-state index contributed by atoms with van der Waals surface area (Å²) in [6, 6.07) is 4.23. The lowest BCUT2D eigenvalue weighted by molar-refractivity contribution is 0.0219. The van der Waals surface area contributed by atoms with Crippen LogP contribution < -0.4 is 5.32 Å². The van der Waals surface area contributed by atoms with Crippen molar-refractivity contribution in [2.75, 3.05) is 32.8 Å². The molecular formula is C16H28N2O3. The van der Waals surface area contributed by atoms with Crippen molar-refractivity contribution in [3.05, 3.63) is 24.2 Å². The first kappa shape index (κ1) is 16.5. The number of furan rings is 1. The highest BCUT2D eigenvalue weighted by molar-refractivity contribution is 4.96. The lowest BCUT2D eigenvalue weighted by Gasteiger charge is -2.32. The zero-order valence-corrected chi connectivity index (χ0v) is 13.0. The first-order valence-electron chi connectivity index (χ1n) is 7.98. The SMILES string of the molecule is CC(CNCC(O)COCc1ccco1)N1CCCCC1. The van der Waals surface area contributed by atoms with E-state index in [0.29, 0.717) is 25.8 Å². The quantitative estimate of drug-likeness (QED) is 0.725. The van der Waals surface area contributed by atoms with E-state index in [1.54, 1.807) is 6.26 Å². The molecule has 21 heavy (non-hydrogen) atoms. The maximum atomic E-state index is 9.87. The van der Waals surface area contributed by atoms with Crippen molar-refractivity contribution in [2.45, 2.75) is 44.9 Å². The summed E-state index contributed by atoms with van der Waals surface area (Å²) in [4.78, 5) is 2.52. The minimum Gasteiger partial charge on any atom is -0.467 e. The maximum absolute atomic E-state index is 9.87. The molecule has 2 N–H and O–H groups in total. The van der Waals surface area contributed by atoms with Gasteiger partial charge in [0.1, 0.15) is 12.4 Å². The van der Waals surface area contributed by atoms with Crippen LogP contribution in [-0.2, 0) is 11.3 Å². The molecular weight excluding hydrogens is 268 g/mol. The third kappa shape index (κ3) is 6.18. The second kappa shape index (κ2) is 9.20. The van der Waals surface area contributed by atoms with Crippen LogP contribution in [0.3, 0.4) is 0 Å². The Morgan fingerprint density at radius 1 is 1.33 bits per heavy atom. The second-order valence-electron chi connectivity index (χ2n) is 5.85. The van der Waals surface area contributed by atoms with Crippen LogP contribution in [-0.4, -0.2) is 54.9 Å². The number of hydrogen-bond acceptors (Lipinski definition) is 5. The summed E-state index contributed by atoms with van der Waals surface area (Å²) in [5.74, 6) is 0.786. The van der Waals surface area contributed by atoms with Gasteiger partial charge in [0.15, 0.2) is 0 Å². The molecule has 2 atom stereocenters. The van der Waals surface area contributed by atoms with E-state index in [4.69, 9.17) is 9.15 Å². The summed E-state index contributed by atoms with van der Waals surface area (Å²) in [5, 5.41) is 13.2. The minimum absolute atomic E-state index is 0.325. The lowest BCUT2D eigenvalue weighted by Crippen LogP contribution is -2.44. The highest BCUT2D eigenvalue weighted by Crippen LogP contribution is 2.11. The van der Waals surface area contributed by atoms with Gasteiger partial charge in [-0.1, -0.05) is 6.42 Å². The predicted molar refractivity (Wildman–Crippen MR) is 82.1 cm³/mol. The predicted octanol–water partition coefficient (Wildman–Crippen LogP) is 1.62. The number of likely N-dealkylation sites (tertiary alicyclic amines) is 1. The molecule has 0 aliphatic carbocycles. The van der Waals surface area contributed by atoms with Crippen LogP contribution in [0.1, 0.15) is 31.9 Å². The Morgan fingerprint density at radius 2 is 2.14 bits per heavy atom. The van der Waals surface area contributed by atoms with Gasteiger partial charge in [0.2, 0.25) is 0 Å². The smallest absolute Gasteiger partial charge is 0.129 e. The molecule has 0 bridgehead atoms. The molecule has 5 heteroatoms. The van der Waals surface area contributed by atoms with E-state index in [-0.39, 0.29) is 0 Å². The highest BCUT2D eigenvalue weighted by atomic mass is 16.5. The Labute approximate surface area is 127 Å². The van der Waals surface area contributed by atoms with Gasteiger partial charge in [0, 0.05) is 19.1 Å². The zero-order valence-electron chi connectivity index (χ0n) is 13.0. The van der Waals surface area contributed by atoms with Crippen LogP contribution in [0.5, 0.6) is 0 Å². The molecule has 1 aromatic rings. The number of nitrogens with one attached hydrogen (secondary N) is 1. The maximum Gasteiger partial charge on any atom is 0.129 e. The first-order valence-corrected chi connectivity index (χ1v) is 7.98. The summed E-state index contributed by atoms with van der Waals surface area (Å²) in [6.07, 6.45) is 5.14. The molecule has 1 aromatic heterocycles. The summed E-state index contributed by atoms with van der Waals surface area (Å²) in [6.45, 7) is 6.87. The van der Waals surface area contributed by atoms with Gasteiger partial charge in [-0.15, -0.1) is 0 Å². The summed E-state index contributed by atoms with van der Waals surface area (Å²) >= 11 is 0. The topological polar surface area (TPSA) is 57.9 Å². The number of piperidine rings is 1. The van der Waals surface area contributed by atoms with Crippen LogP contribution in [0, 0.1) is 0 Å². The molecule has 0 amide bonds. The molecule has 120 valence electrons. The number of aliphatic hydroxyl groups is 1. The molecule has 1 fully saturated rings. The van der Waals surface area contributed by atoms with Crippen LogP contribution in [0.25, 0.3) is 0 Å². The molecule has 5 nitrogen and oxygen atoms in total. The van der Waals surface area contributed by atoms with Gasteiger partial charge in [-0.05, 0) is 45.0 Å². The van der Waals surface area contributed by atoms with Gasteiger partial charge in [-0.25, -0.2) is 0 Å². The van der Waals surface area contributed by atoms with Crippen LogP contribution in [0.15, 0.2) is 22.8 Å². The van der Waals surface area contributed by atoms with Crippen molar-refractivity contribution in [3.63, 3.8) is 0 Å².